The van der Waals surface area contributed by atoms with Gasteiger partial charge in [0.1, 0.15) is 0 Å². The van der Waals surface area contributed by atoms with Crippen molar-refractivity contribution >= 4 is 5.91 Å². The molecule has 1 amide bonds. The Hall–Kier alpha value is -1.05. The van der Waals surface area contributed by atoms with E-state index in [9.17, 15) is 4.79 Å². The molecule has 0 aromatic carbocycles. The third-order valence-electron chi connectivity index (χ3n) is 2.52. The number of hydrogen-bond donors (Lipinski definition) is 0. The summed E-state index contributed by atoms with van der Waals surface area (Å²) in [6, 6.07) is 0. The van der Waals surface area contributed by atoms with Gasteiger partial charge in [-0.1, -0.05) is 25.2 Å². The molecule has 15 heavy (non-hydrogen) atoms. The van der Waals surface area contributed by atoms with Crippen LogP contribution in [0.1, 0.15) is 33.1 Å². The van der Waals surface area contributed by atoms with Gasteiger partial charge in [0.25, 0.3) is 0 Å². The van der Waals surface area contributed by atoms with Gasteiger partial charge in [-0.25, -0.2) is 0 Å². The molecular weight excluding hydrogens is 186 g/mol. The maximum absolute atomic E-state index is 11.8. The SMILES string of the molecule is CC=C/C=C/C(=O)N(CCC)CC1CC1. The number of hydrogen-bond acceptors (Lipinski definition) is 1. The van der Waals surface area contributed by atoms with Gasteiger partial charge < -0.3 is 4.90 Å². The summed E-state index contributed by atoms with van der Waals surface area (Å²) in [5.74, 6) is 0.928. The molecule has 1 fully saturated rings. The van der Waals surface area contributed by atoms with Crippen LogP contribution >= 0.6 is 0 Å². The lowest BCUT2D eigenvalue weighted by Gasteiger charge is -2.20. The summed E-state index contributed by atoms with van der Waals surface area (Å²) >= 11 is 0. The van der Waals surface area contributed by atoms with Gasteiger partial charge in [0.2, 0.25) is 5.91 Å². The quantitative estimate of drug-likeness (QED) is 0.484. The molecule has 0 aromatic heterocycles. The summed E-state index contributed by atoms with van der Waals surface area (Å²) in [6.07, 6.45) is 10.9. The molecule has 0 unspecified atom stereocenters. The molecule has 0 bridgehead atoms. The third-order valence-corrected chi connectivity index (χ3v) is 2.52. The molecule has 0 heterocycles. The Labute approximate surface area is 92.7 Å². The van der Waals surface area contributed by atoms with Gasteiger partial charge in [-0.15, -0.1) is 0 Å². The third kappa shape index (κ3) is 4.82. The van der Waals surface area contributed by atoms with Crippen LogP contribution in [-0.4, -0.2) is 23.9 Å². The van der Waals surface area contributed by atoms with Crippen LogP contribution in [0.15, 0.2) is 24.3 Å². The second-order valence-electron chi connectivity index (χ2n) is 4.11. The van der Waals surface area contributed by atoms with E-state index >= 15 is 0 Å². The van der Waals surface area contributed by atoms with E-state index in [-0.39, 0.29) is 5.91 Å². The van der Waals surface area contributed by atoms with Gasteiger partial charge in [0.15, 0.2) is 0 Å². The Morgan fingerprint density at radius 1 is 1.40 bits per heavy atom. The molecule has 1 saturated carbocycles. The van der Waals surface area contributed by atoms with E-state index in [1.807, 2.05) is 30.1 Å². The van der Waals surface area contributed by atoms with Crippen molar-refractivity contribution in [3.8, 4) is 0 Å². The monoisotopic (exact) mass is 207 g/mol. The maximum atomic E-state index is 11.8. The smallest absolute Gasteiger partial charge is 0.246 e. The summed E-state index contributed by atoms with van der Waals surface area (Å²) in [4.78, 5) is 13.7. The molecule has 0 spiro atoms. The van der Waals surface area contributed by atoms with E-state index in [4.69, 9.17) is 0 Å². The first-order chi connectivity index (χ1) is 7.27. The molecule has 2 nitrogen and oxygen atoms in total. The Morgan fingerprint density at radius 2 is 2.13 bits per heavy atom. The Bertz CT molecular complexity index is 251. The van der Waals surface area contributed by atoms with E-state index in [0.29, 0.717) is 0 Å². The van der Waals surface area contributed by atoms with Gasteiger partial charge in [-0.2, -0.15) is 0 Å². The zero-order chi connectivity index (χ0) is 11.1. The Kier molecular flexibility index (Phi) is 5.16. The minimum absolute atomic E-state index is 0.154. The fourth-order valence-electron chi connectivity index (χ4n) is 1.53. The molecule has 0 N–H and O–H groups in total. The Morgan fingerprint density at radius 3 is 2.67 bits per heavy atom. The van der Waals surface area contributed by atoms with Gasteiger partial charge in [-0.05, 0) is 32.1 Å². The van der Waals surface area contributed by atoms with Crippen molar-refractivity contribution in [3.63, 3.8) is 0 Å². The number of nitrogens with zero attached hydrogens (tertiary/aromatic N) is 1. The van der Waals surface area contributed by atoms with Crippen LogP contribution in [-0.2, 0) is 4.79 Å². The topological polar surface area (TPSA) is 20.3 Å². The maximum Gasteiger partial charge on any atom is 0.246 e. The fraction of sp³-hybridized carbons (Fsp3) is 0.615. The van der Waals surface area contributed by atoms with Crippen LogP contribution in [0.4, 0.5) is 0 Å². The van der Waals surface area contributed by atoms with Gasteiger partial charge >= 0.3 is 0 Å². The number of allylic oxidation sites excluding steroid dienone is 3. The van der Waals surface area contributed by atoms with Gasteiger partial charge in [0, 0.05) is 19.2 Å². The summed E-state index contributed by atoms with van der Waals surface area (Å²) in [6.45, 7) is 5.90. The molecule has 0 atom stereocenters. The molecule has 1 aliphatic carbocycles. The molecule has 0 aliphatic heterocycles. The van der Waals surface area contributed by atoms with E-state index in [1.165, 1.54) is 12.8 Å². The highest BCUT2D eigenvalue weighted by Crippen LogP contribution is 2.29. The number of rotatable bonds is 6. The second-order valence-corrected chi connectivity index (χ2v) is 4.11. The molecule has 1 rings (SSSR count). The highest BCUT2D eigenvalue weighted by Gasteiger charge is 2.25. The molecule has 0 saturated heterocycles. The largest absolute Gasteiger partial charge is 0.339 e. The summed E-state index contributed by atoms with van der Waals surface area (Å²) < 4.78 is 0. The molecule has 1 aliphatic rings. The minimum Gasteiger partial charge on any atom is -0.339 e. The zero-order valence-electron chi connectivity index (χ0n) is 9.78. The second kappa shape index (κ2) is 6.44. The number of carbonyl (C=O) groups is 1. The predicted molar refractivity (Wildman–Crippen MR) is 63.5 cm³/mol. The lowest BCUT2D eigenvalue weighted by Crippen LogP contribution is -2.32. The lowest BCUT2D eigenvalue weighted by atomic mass is 10.3. The lowest BCUT2D eigenvalue weighted by molar-refractivity contribution is -0.126. The highest BCUT2D eigenvalue weighted by atomic mass is 16.2. The summed E-state index contributed by atoms with van der Waals surface area (Å²) in [5, 5.41) is 0. The fourth-order valence-corrected chi connectivity index (χ4v) is 1.53. The van der Waals surface area contributed by atoms with Crippen LogP contribution in [0.5, 0.6) is 0 Å². The van der Waals surface area contributed by atoms with Crippen LogP contribution in [0, 0.1) is 5.92 Å². The van der Waals surface area contributed by atoms with Crippen molar-refractivity contribution in [1.82, 2.24) is 4.90 Å². The molecular formula is C13H21NO. The normalized spacial score (nSPS) is 16.4. The first kappa shape index (κ1) is 12.0. The first-order valence-electron chi connectivity index (χ1n) is 5.86. The number of carbonyl (C=O) groups excluding carboxylic acids is 1. The molecule has 0 aromatic rings. The van der Waals surface area contributed by atoms with Crippen molar-refractivity contribution in [1.29, 1.82) is 0 Å². The molecule has 84 valence electrons. The highest BCUT2D eigenvalue weighted by molar-refractivity contribution is 5.87. The van der Waals surface area contributed by atoms with E-state index < -0.39 is 0 Å². The zero-order valence-corrected chi connectivity index (χ0v) is 9.78. The van der Waals surface area contributed by atoms with Crippen molar-refractivity contribution < 1.29 is 4.79 Å². The van der Waals surface area contributed by atoms with Gasteiger partial charge in [-0.3, -0.25) is 4.79 Å². The standard InChI is InChI=1S/C13H21NO/c1-3-5-6-7-13(15)14(10-4-2)11-12-8-9-12/h3,5-7,12H,4,8-11H2,1-2H3/b5-3?,7-6+. The average Bonchev–Trinajstić information content (AvgIpc) is 3.01. The van der Waals surface area contributed by atoms with Crippen molar-refractivity contribution in [2.75, 3.05) is 13.1 Å². The summed E-state index contributed by atoms with van der Waals surface area (Å²) in [5.41, 5.74) is 0. The summed E-state index contributed by atoms with van der Waals surface area (Å²) in [7, 11) is 0. The molecule has 2 heteroatoms. The van der Waals surface area contributed by atoms with Gasteiger partial charge in [0.05, 0.1) is 0 Å². The van der Waals surface area contributed by atoms with Crippen LogP contribution in [0.25, 0.3) is 0 Å². The van der Waals surface area contributed by atoms with Crippen molar-refractivity contribution in [2.45, 2.75) is 33.1 Å². The van der Waals surface area contributed by atoms with Crippen LogP contribution in [0.2, 0.25) is 0 Å². The number of amides is 1. The van der Waals surface area contributed by atoms with Crippen LogP contribution in [0.3, 0.4) is 0 Å². The minimum atomic E-state index is 0.154. The van der Waals surface area contributed by atoms with E-state index in [0.717, 1.165) is 25.4 Å². The average molecular weight is 207 g/mol. The van der Waals surface area contributed by atoms with Crippen molar-refractivity contribution in [3.05, 3.63) is 24.3 Å². The van der Waals surface area contributed by atoms with Crippen molar-refractivity contribution in [2.24, 2.45) is 5.92 Å². The van der Waals surface area contributed by atoms with E-state index in [1.54, 1.807) is 6.08 Å². The van der Waals surface area contributed by atoms with E-state index in [2.05, 4.69) is 6.92 Å². The Balaban J connectivity index is 2.41. The molecule has 0 radical (unpaired) electrons. The van der Waals surface area contributed by atoms with Crippen LogP contribution < -0.4 is 0 Å². The first-order valence-corrected chi connectivity index (χ1v) is 5.86. The predicted octanol–water partition coefficient (Wildman–Crippen LogP) is 2.77.